The van der Waals surface area contributed by atoms with Crippen molar-refractivity contribution in [2.75, 3.05) is 13.6 Å². The SMILES string of the molecule is C/C=C\C(=C/C)NC(=O)CCCCCCC(=O)C(=O)N(C)CCC. The maximum atomic E-state index is 11.8. The lowest BCUT2D eigenvalue weighted by atomic mass is 10.1. The summed E-state index contributed by atoms with van der Waals surface area (Å²) < 4.78 is 0. The number of nitrogens with one attached hydrogen (secondary N) is 1. The van der Waals surface area contributed by atoms with E-state index in [1.54, 1.807) is 7.05 Å². The number of Topliss-reactive ketones (excluding diaryl/α,β-unsaturated/α-hetero) is 1. The monoisotopic (exact) mass is 336 g/mol. The Labute approximate surface area is 146 Å². The smallest absolute Gasteiger partial charge is 0.289 e. The Morgan fingerprint density at radius 3 is 2.17 bits per heavy atom. The summed E-state index contributed by atoms with van der Waals surface area (Å²) in [6.45, 7) is 6.37. The molecule has 0 aliphatic heterocycles. The van der Waals surface area contributed by atoms with Crippen molar-refractivity contribution in [1.29, 1.82) is 0 Å². The van der Waals surface area contributed by atoms with Crippen LogP contribution in [0.4, 0.5) is 0 Å². The van der Waals surface area contributed by atoms with Crippen LogP contribution in [0.25, 0.3) is 0 Å². The van der Waals surface area contributed by atoms with E-state index >= 15 is 0 Å². The van der Waals surface area contributed by atoms with Crippen LogP contribution in [0.5, 0.6) is 0 Å². The van der Waals surface area contributed by atoms with Crippen LogP contribution in [0.1, 0.15) is 65.7 Å². The van der Waals surface area contributed by atoms with Gasteiger partial charge in [0.15, 0.2) is 0 Å². The van der Waals surface area contributed by atoms with E-state index in [-0.39, 0.29) is 17.6 Å². The maximum absolute atomic E-state index is 11.8. The second-order valence-corrected chi connectivity index (χ2v) is 5.86. The topological polar surface area (TPSA) is 66.5 Å². The first-order valence-corrected chi connectivity index (χ1v) is 8.83. The molecule has 0 bridgehead atoms. The van der Waals surface area contributed by atoms with Gasteiger partial charge in [0.2, 0.25) is 11.7 Å². The molecule has 24 heavy (non-hydrogen) atoms. The lowest BCUT2D eigenvalue weighted by molar-refractivity contribution is -0.143. The second kappa shape index (κ2) is 13.5. The first-order valence-electron chi connectivity index (χ1n) is 8.83. The number of carbonyl (C=O) groups is 3. The van der Waals surface area contributed by atoms with Crippen molar-refractivity contribution in [3.63, 3.8) is 0 Å². The van der Waals surface area contributed by atoms with Crippen molar-refractivity contribution in [3.8, 4) is 0 Å². The average Bonchev–Trinajstić information content (AvgIpc) is 2.56. The van der Waals surface area contributed by atoms with Gasteiger partial charge in [0.05, 0.1) is 0 Å². The molecule has 5 nitrogen and oxygen atoms in total. The molecule has 0 aromatic rings. The van der Waals surface area contributed by atoms with Crippen LogP contribution in [0.2, 0.25) is 0 Å². The summed E-state index contributed by atoms with van der Waals surface area (Å²) in [4.78, 5) is 36.7. The molecule has 0 atom stereocenters. The number of rotatable bonds is 12. The van der Waals surface area contributed by atoms with Gasteiger partial charge in [-0.25, -0.2) is 0 Å². The third-order valence-corrected chi connectivity index (χ3v) is 3.64. The largest absolute Gasteiger partial charge is 0.339 e. The van der Waals surface area contributed by atoms with Crippen molar-refractivity contribution in [2.24, 2.45) is 0 Å². The predicted molar refractivity (Wildman–Crippen MR) is 97.4 cm³/mol. The van der Waals surface area contributed by atoms with Crippen LogP contribution in [0.3, 0.4) is 0 Å². The average molecular weight is 336 g/mol. The number of nitrogens with zero attached hydrogens (tertiary/aromatic N) is 1. The summed E-state index contributed by atoms with van der Waals surface area (Å²) in [5.41, 5.74) is 0.808. The Bertz CT molecular complexity index is 467. The highest BCUT2D eigenvalue weighted by Gasteiger charge is 2.16. The first-order chi connectivity index (χ1) is 11.5. The summed E-state index contributed by atoms with van der Waals surface area (Å²) in [7, 11) is 1.66. The van der Waals surface area contributed by atoms with Gasteiger partial charge in [-0.15, -0.1) is 0 Å². The summed E-state index contributed by atoms with van der Waals surface area (Å²) in [5, 5.41) is 2.85. The van der Waals surface area contributed by atoms with E-state index in [2.05, 4.69) is 5.32 Å². The van der Waals surface area contributed by atoms with E-state index in [1.165, 1.54) is 4.90 Å². The minimum absolute atomic E-state index is 0.00800. The number of hydrogen-bond donors (Lipinski definition) is 1. The standard InChI is InChI=1S/C19H32N2O3/c1-5-12-16(7-3)20-18(23)14-11-9-8-10-13-17(22)19(24)21(4)15-6-2/h5,7,12H,6,8-11,13-15H2,1-4H3,(H,20,23)/b12-5-,16-7+. The zero-order valence-corrected chi connectivity index (χ0v) is 15.6. The van der Waals surface area contributed by atoms with Crippen molar-refractivity contribution in [3.05, 3.63) is 23.9 Å². The van der Waals surface area contributed by atoms with Gasteiger partial charge in [0.25, 0.3) is 5.91 Å². The number of allylic oxidation sites excluding steroid dienone is 3. The predicted octanol–water partition coefficient (Wildman–Crippen LogP) is 3.36. The van der Waals surface area contributed by atoms with Gasteiger partial charge in [-0.2, -0.15) is 0 Å². The first kappa shape index (κ1) is 22.1. The zero-order chi connectivity index (χ0) is 18.4. The van der Waals surface area contributed by atoms with Gasteiger partial charge < -0.3 is 10.2 Å². The van der Waals surface area contributed by atoms with Gasteiger partial charge in [-0.3, -0.25) is 14.4 Å². The number of amides is 2. The molecule has 5 heteroatoms. The van der Waals surface area contributed by atoms with E-state index in [0.29, 0.717) is 25.8 Å². The Balaban J connectivity index is 3.82. The Kier molecular flexibility index (Phi) is 12.4. The fourth-order valence-corrected chi connectivity index (χ4v) is 2.29. The molecule has 1 N–H and O–H groups in total. The van der Waals surface area contributed by atoms with Gasteiger partial charge >= 0.3 is 0 Å². The van der Waals surface area contributed by atoms with E-state index in [1.807, 2.05) is 39.0 Å². The molecular weight excluding hydrogens is 304 g/mol. The molecule has 0 aliphatic carbocycles. The normalized spacial score (nSPS) is 11.6. The molecule has 0 radical (unpaired) electrons. The molecule has 0 rings (SSSR count). The zero-order valence-electron chi connectivity index (χ0n) is 15.6. The van der Waals surface area contributed by atoms with Gasteiger partial charge in [0.1, 0.15) is 0 Å². The number of ketones is 1. The van der Waals surface area contributed by atoms with Gasteiger partial charge in [-0.1, -0.05) is 31.9 Å². The lowest BCUT2D eigenvalue weighted by Crippen LogP contribution is -2.33. The molecule has 0 saturated carbocycles. The highest BCUT2D eigenvalue weighted by Crippen LogP contribution is 2.07. The lowest BCUT2D eigenvalue weighted by Gasteiger charge is -2.14. The molecule has 0 aliphatic rings. The summed E-state index contributed by atoms with van der Waals surface area (Å²) >= 11 is 0. The molecule has 0 saturated heterocycles. The molecule has 0 fully saturated rings. The number of likely N-dealkylation sites (N-methyl/N-ethyl adjacent to an activating group) is 1. The molecule has 0 aromatic heterocycles. The van der Waals surface area contributed by atoms with Crippen molar-refractivity contribution >= 4 is 17.6 Å². The fraction of sp³-hybridized carbons (Fsp3) is 0.632. The quantitative estimate of drug-likeness (QED) is 0.337. The third-order valence-electron chi connectivity index (χ3n) is 3.64. The number of unbranched alkanes of at least 4 members (excludes halogenated alkanes) is 3. The third kappa shape index (κ3) is 9.98. The highest BCUT2D eigenvalue weighted by molar-refractivity contribution is 6.35. The fourth-order valence-electron chi connectivity index (χ4n) is 2.29. The van der Waals surface area contributed by atoms with Gasteiger partial charge in [0, 0.05) is 32.1 Å². The molecule has 136 valence electrons. The van der Waals surface area contributed by atoms with Gasteiger partial charge in [-0.05, 0) is 39.2 Å². The van der Waals surface area contributed by atoms with Crippen LogP contribution in [0, 0.1) is 0 Å². The molecule has 0 spiro atoms. The maximum Gasteiger partial charge on any atom is 0.289 e. The molecule has 2 amide bonds. The Hall–Kier alpha value is -1.91. The summed E-state index contributed by atoms with van der Waals surface area (Å²) in [6, 6.07) is 0. The van der Waals surface area contributed by atoms with Crippen LogP contribution in [-0.4, -0.2) is 36.1 Å². The van der Waals surface area contributed by atoms with Crippen molar-refractivity contribution in [1.82, 2.24) is 10.2 Å². The minimum atomic E-state index is -0.390. The molecule has 0 unspecified atom stereocenters. The van der Waals surface area contributed by atoms with E-state index in [4.69, 9.17) is 0 Å². The Morgan fingerprint density at radius 2 is 1.62 bits per heavy atom. The van der Waals surface area contributed by atoms with Crippen LogP contribution in [0.15, 0.2) is 23.9 Å². The second-order valence-electron chi connectivity index (χ2n) is 5.86. The molecule has 0 aromatic carbocycles. The summed E-state index contributed by atoms with van der Waals surface area (Å²) in [6.07, 6.45) is 10.4. The van der Waals surface area contributed by atoms with Crippen molar-refractivity contribution < 1.29 is 14.4 Å². The summed E-state index contributed by atoms with van der Waals surface area (Å²) in [5.74, 6) is -0.694. The number of hydrogen-bond acceptors (Lipinski definition) is 3. The van der Waals surface area contributed by atoms with Crippen LogP contribution < -0.4 is 5.32 Å². The van der Waals surface area contributed by atoms with Crippen molar-refractivity contribution in [2.45, 2.75) is 65.7 Å². The van der Waals surface area contributed by atoms with E-state index in [0.717, 1.165) is 31.4 Å². The number of carbonyl (C=O) groups excluding carboxylic acids is 3. The molecular formula is C19H32N2O3. The minimum Gasteiger partial charge on any atom is -0.339 e. The van der Waals surface area contributed by atoms with E-state index < -0.39 is 0 Å². The Morgan fingerprint density at radius 1 is 1.00 bits per heavy atom. The van der Waals surface area contributed by atoms with Crippen LogP contribution in [-0.2, 0) is 14.4 Å². The van der Waals surface area contributed by atoms with E-state index in [9.17, 15) is 14.4 Å². The highest BCUT2D eigenvalue weighted by atomic mass is 16.2. The van der Waals surface area contributed by atoms with Crippen LogP contribution >= 0.6 is 0 Å². The molecule has 0 heterocycles.